The number of carbonyl (C=O) groups excluding carboxylic acids is 1. The van der Waals surface area contributed by atoms with Gasteiger partial charge in [-0.3, -0.25) is 4.79 Å². The number of carbonyl (C=O) groups is 1. The Morgan fingerprint density at radius 2 is 1.91 bits per heavy atom. The predicted octanol–water partition coefficient (Wildman–Crippen LogP) is 4.61. The number of rotatable bonds is 5. The zero-order valence-corrected chi connectivity index (χ0v) is 13.9. The van der Waals surface area contributed by atoms with Crippen LogP contribution in [0.15, 0.2) is 36.5 Å². The third-order valence-corrected chi connectivity index (χ3v) is 3.79. The fourth-order valence-electron chi connectivity index (χ4n) is 2.01. The van der Waals surface area contributed by atoms with Gasteiger partial charge in [0.05, 0.1) is 22.6 Å². The second-order valence-electron chi connectivity index (χ2n) is 4.66. The van der Waals surface area contributed by atoms with Crippen molar-refractivity contribution in [1.82, 2.24) is 9.88 Å². The zero-order chi connectivity index (χ0) is 16.1. The molecular weight excluding hydrogens is 321 g/mol. The summed E-state index contributed by atoms with van der Waals surface area (Å²) >= 11 is 12.0. The first-order valence-electron chi connectivity index (χ1n) is 7.02. The van der Waals surface area contributed by atoms with E-state index in [-0.39, 0.29) is 5.91 Å². The fraction of sp³-hybridized carbons (Fsp3) is 0.250. The van der Waals surface area contributed by atoms with Crippen molar-refractivity contribution in [3.05, 3.63) is 52.3 Å². The largest absolute Gasteiger partial charge is 0.353 e. The third-order valence-electron chi connectivity index (χ3n) is 3.24. The average molecular weight is 338 g/mol. The molecule has 0 bridgehead atoms. The summed E-state index contributed by atoms with van der Waals surface area (Å²) in [6.07, 6.45) is 1.61. The highest BCUT2D eigenvalue weighted by Gasteiger charge is 2.13. The molecule has 0 saturated carbocycles. The lowest BCUT2D eigenvalue weighted by Crippen LogP contribution is -2.31. The van der Waals surface area contributed by atoms with Gasteiger partial charge in [-0.25, -0.2) is 4.98 Å². The minimum atomic E-state index is -0.0684. The lowest BCUT2D eigenvalue weighted by Gasteiger charge is -2.18. The summed E-state index contributed by atoms with van der Waals surface area (Å²) in [5, 5.41) is 4.25. The van der Waals surface area contributed by atoms with Gasteiger partial charge in [-0.1, -0.05) is 23.2 Å². The van der Waals surface area contributed by atoms with Crippen LogP contribution in [0.3, 0.4) is 0 Å². The average Bonchev–Trinajstić information content (AvgIpc) is 2.52. The highest BCUT2D eigenvalue weighted by atomic mass is 35.5. The van der Waals surface area contributed by atoms with Crippen LogP contribution in [-0.4, -0.2) is 28.9 Å². The van der Waals surface area contributed by atoms with Gasteiger partial charge in [-0.2, -0.15) is 0 Å². The summed E-state index contributed by atoms with van der Waals surface area (Å²) in [5.41, 5.74) is 1.91. The monoisotopic (exact) mass is 337 g/mol. The van der Waals surface area contributed by atoms with Crippen LogP contribution in [0.1, 0.15) is 24.3 Å². The van der Waals surface area contributed by atoms with Gasteiger partial charge < -0.3 is 10.2 Å². The van der Waals surface area contributed by atoms with Crippen LogP contribution in [-0.2, 0) is 0 Å². The number of nitrogens with zero attached hydrogens (tertiary/aromatic N) is 2. The molecule has 116 valence electrons. The molecule has 0 spiro atoms. The molecule has 2 rings (SSSR count). The highest BCUT2D eigenvalue weighted by Crippen LogP contribution is 2.28. The van der Waals surface area contributed by atoms with Crippen LogP contribution in [0, 0.1) is 0 Å². The second-order valence-corrected chi connectivity index (χ2v) is 5.50. The Balaban J connectivity index is 2.13. The normalized spacial score (nSPS) is 10.4. The lowest BCUT2D eigenvalue weighted by molar-refractivity contribution is 0.0767. The summed E-state index contributed by atoms with van der Waals surface area (Å²) in [6.45, 7) is 5.22. The van der Waals surface area contributed by atoms with Crippen LogP contribution < -0.4 is 5.32 Å². The lowest BCUT2D eigenvalue weighted by atomic mass is 10.2. The van der Waals surface area contributed by atoms with Crippen molar-refractivity contribution < 1.29 is 4.79 Å². The highest BCUT2D eigenvalue weighted by molar-refractivity contribution is 6.36. The van der Waals surface area contributed by atoms with Crippen LogP contribution in [0.5, 0.6) is 0 Å². The quantitative estimate of drug-likeness (QED) is 0.866. The van der Waals surface area contributed by atoms with Gasteiger partial charge in [0.15, 0.2) is 0 Å². The minimum Gasteiger partial charge on any atom is -0.353 e. The molecule has 0 radical (unpaired) electrons. The van der Waals surface area contributed by atoms with Crippen LogP contribution in [0.25, 0.3) is 0 Å². The first kappa shape index (κ1) is 16.6. The molecule has 0 fully saturated rings. The van der Waals surface area contributed by atoms with E-state index in [0.29, 0.717) is 28.8 Å². The van der Waals surface area contributed by atoms with E-state index in [1.165, 1.54) is 0 Å². The minimum absolute atomic E-state index is 0.0684. The van der Waals surface area contributed by atoms with E-state index in [0.717, 1.165) is 11.4 Å². The summed E-state index contributed by atoms with van der Waals surface area (Å²) in [5.74, 6) is -0.0684. The zero-order valence-electron chi connectivity index (χ0n) is 12.4. The topological polar surface area (TPSA) is 45.2 Å². The van der Waals surface area contributed by atoms with E-state index in [4.69, 9.17) is 23.2 Å². The van der Waals surface area contributed by atoms with E-state index >= 15 is 0 Å². The molecule has 0 aliphatic rings. The molecule has 1 aromatic carbocycles. The van der Waals surface area contributed by atoms with E-state index < -0.39 is 0 Å². The van der Waals surface area contributed by atoms with Crippen LogP contribution >= 0.6 is 23.2 Å². The first-order valence-corrected chi connectivity index (χ1v) is 7.78. The summed E-state index contributed by atoms with van der Waals surface area (Å²) in [6, 6.07) is 8.71. The Kier molecular flexibility index (Phi) is 5.63. The molecule has 0 aliphatic carbocycles. The molecule has 1 heterocycles. The first-order chi connectivity index (χ1) is 10.5. The van der Waals surface area contributed by atoms with E-state index in [1.54, 1.807) is 41.4 Å². The molecule has 1 amide bonds. The Labute approximate surface area is 140 Å². The van der Waals surface area contributed by atoms with Gasteiger partial charge in [0, 0.05) is 18.1 Å². The number of amides is 1. The summed E-state index contributed by atoms with van der Waals surface area (Å²) < 4.78 is 0. The van der Waals surface area contributed by atoms with Crippen molar-refractivity contribution in [2.45, 2.75) is 13.8 Å². The van der Waals surface area contributed by atoms with Crippen molar-refractivity contribution in [2.24, 2.45) is 0 Å². The Morgan fingerprint density at radius 1 is 1.18 bits per heavy atom. The SMILES string of the molecule is CCN(CC)C(=O)c1ccc(Nc2ccc(Cl)cc2Cl)cn1. The molecule has 4 nitrogen and oxygen atoms in total. The summed E-state index contributed by atoms with van der Waals surface area (Å²) in [7, 11) is 0. The van der Waals surface area contributed by atoms with E-state index in [9.17, 15) is 4.79 Å². The molecule has 0 atom stereocenters. The van der Waals surface area contributed by atoms with Crippen molar-refractivity contribution in [3.63, 3.8) is 0 Å². The molecular formula is C16H17Cl2N3O. The Morgan fingerprint density at radius 3 is 2.45 bits per heavy atom. The van der Waals surface area contributed by atoms with Gasteiger partial charge in [-0.15, -0.1) is 0 Å². The van der Waals surface area contributed by atoms with Crippen molar-refractivity contribution in [2.75, 3.05) is 18.4 Å². The van der Waals surface area contributed by atoms with Gasteiger partial charge in [0.25, 0.3) is 5.91 Å². The van der Waals surface area contributed by atoms with E-state index in [1.807, 2.05) is 13.8 Å². The molecule has 1 aromatic heterocycles. The van der Waals surface area contributed by atoms with Crippen molar-refractivity contribution in [3.8, 4) is 0 Å². The predicted molar refractivity (Wildman–Crippen MR) is 91.2 cm³/mol. The van der Waals surface area contributed by atoms with Gasteiger partial charge in [-0.05, 0) is 44.2 Å². The molecule has 1 N–H and O–H groups in total. The number of halogens is 2. The van der Waals surface area contributed by atoms with Gasteiger partial charge in [0.1, 0.15) is 5.69 Å². The number of nitrogens with one attached hydrogen (secondary N) is 1. The van der Waals surface area contributed by atoms with Crippen LogP contribution in [0.4, 0.5) is 11.4 Å². The molecule has 0 saturated heterocycles. The maximum absolute atomic E-state index is 12.2. The van der Waals surface area contributed by atoms with Crippen LogP contribution in [0.2, 0.25) is 10.0 Å². The number of aromatic nitrogens is 1. The Bertz CT molecular complexity index is 655. The number of anilines is 2. The Hall–Kier alpha value is -1.78. The molecule has 22 heavy (non-hydrogen) atoms. The molecule has 0 aliphatic heterocycles. The van der Waals surface area contributed by atoms with E-state index in [2.05, 4.69) is 10.3 Å². The van der Waals surface area contributed by atoms with Crippen molar-refractivity contribution in [1.29, 1.82) is 0 Å². The second kappa shape index (κ2) is 7.47. The number of hydrogen-bond acceptors (Lipinski definition) is 3. The van der Waals surface area contributed by atoms with Gasteiger partial charge in [0.2, 0.25) is 0 Å². The molecule has 6 heteroatoms. The fourth-order valence-corrected chi connectivity index (χ4v) is 2.47. The smallest absolute Gasteiger partial charge is 0.272 e. The number of benzene rings is 1. The maximum Gasteiger partial charge on any atom is 0.272 e. The number of pyridine rings is 1. The standard InChI is InChI=1S/C16H17Cl2N3O/c1-3-21(4-2)16(22)15-8-6-12(10-19-15)20-14-7-5-11(17)9-13(14)18/h5-10,20H,3-4H2,1-2H3. The van der Waals surface area contributed by atoms with Gasteiger partial charge >= 0.3 is 0 Å². The summed E-state index contributed by atoms with van der Waals surface area (Å²) in [4.78, 5) is 18.1. The maximum atomic E-state index is 12.2. The third kappa shape index (κ3) is 3.90. The van der Waals surface area contributed by atoms with Crippen molar-refractivity contribution >= 4 is 40.5 Å². The number of hydrogen-bond donors (Lipinski definition) is 1. The molecule has 2 aromatic rings. The molecule has 0 unspecified atom stereocenters.